The zero-order valence-corrected chi connectivity index (χ0v) is 17.7. The molecular weight excluding hydrogens is 382 g/mol. The van der Waals surface area contributed by atoms with Crippen LogP contribution in [0.25, 0.3) is 0 Å². The molecule has 2 aromatic rings. The minimum atomic E-state index is -0.177. The Morgan fingerprint density at radius 3 is 2.50 bits per heavy atom. The van der Waals surface area contributed by atoms with Gasteiger partial charge in [-0.3, -0.25) is 9.59 Å². The van der Waals surface area contributed by atoms with Crippen molar-refractivity contribution in [2.45, 2.75) is 26.2 Å². The number of hydrogen-bond acceptors (Lipinski definition) is 5. The van der Waals surface area contributed by atoms with E-state index < -0.39 is 0 Å². The molecule has 0 bridgehead atoms. The average Bonchev–Trinajstić information content (AvgIpc) is 2.77. The van der Waals surface area contributed by atoms with E-state index in [9.17, 15) is 9.59 Å². The summed E-state index contributed by atoms with van der Waals surface area (Å²) in [5.74, 6) is 0.460. The number of ether oxygens (including phenoxy) is 2. The van der Waals surface area contributed by atoms with Crippen molar-refractivity contribution in [2.75, 3.05) is 44.0 Å². The topological polar surface area (TPSA) is 88.7 Å². The Hall–Kier alpha value is -3.06. The third kappa shape index (κ3) is 8.53. The highest BCUT2D eigenvalue weighted by atomic mass is 16.5. The molecule has 2 aromatic carbocycles. The van der Waals surface area contributed by atoms with Crippen LogP contribution in [0.1, 0.15) is 36.5 Å². The second-order valence-corrected chi connectivity index (χ2v) is 6.81. The van der Waals surface area contributed by atoms with Gasteiger partial charge in [-0.05, 0) is 55.3 Å². The highest BCUT2D eigenvalue weighted by Gasteiger charge is 2.07. The molecule has 0 saturated heterocycles. The number of hydrogen-bond donors (Lipinski definition) is 3. The van der Waals surface area contributed by atoms with Gasteiger partial charge in [-0.1, -0.05) is 19.4 Å². The van der Waals surface area contributed by atoms with Crippen molar-refractivity contribution in [3.05, 3.63) is 54.1 Å². The predicted molar refractivity (Wildman–Crippen MR) is 119 cm³/mol. The fourth-order valence-corrected chi connectivity index (χ4v) is 2.65. The first-order valence-corrected chi connectivity index (χ1v) is 10.3. The average molecular weight is 414 g/mol. The van der Waals surface area contributed by atoms with Crippen molar-refractivity contribution < 1.29 is 19.1 Å². The number of anilines is 2. The van der Waals surface area contributed by atoms with Gasteiger partial charge in [-0.2, -0.15) is 0 Å². The highest BCUT2D eigenvalue weighted by molar-refractivity contribution is 5.96. The zero-order chi connectivity index (χ0) is 21.6. The number of carbonyl (C=O) groups excluding carboxylic acids is 2. The first-order valence-electron chi connectivity index (χ1n) is 10.3. The maximum Gasteiger partial charge on any atom is 0.251 e. The van der Waals surface area contributed by atoms with Gasteiger partial charge >= 0.3 is 0 Å². The summed E-state index contributed by atoms with van der Waals surface area (Å²) < 4.78 is 10.6. The van der Waals surface area contributed by atoms with Gasteiger partial charge in [0, 0.05) is 37.2 Å². The summed E-state index contributed by atoms with van der Waals surface area (Å²) >= 11 is 0. The Morgan fingerprint density at radius 2 is 1.77 bits per heavy atom. The van der Waals surface area contributed by atoms with Gasteiger partial charge < -0.3 is 25.4 Å². The molecule has 0 aliphatic rings. The van der Waals surface area contributed by atoms with Crippen LogP contribution >= 0.6 is 0 Å². The van der Waals surface area contributed by atoms with E-state index in [4.69, 9.17) is 9.47 Å². The van der Waals surface area contributed by atoms with E-state index in [1.165, 1.54) is 0 Å². The van der Waals surface area contributed by atoms with Crippen LogP contribution in [0.3, 0.4) is 0 Å². The quantitative estimate of drug-likeness (QED) is 0.436. The van der Waals surface area contributed by atoms with E-state index in [0.717, 1.165) is 25.0 Å². The van der Waals surface area contributed by atoms with Crippen LogP contribution in [0.5, 0.6) is 5.75 Å². The van der Waals surface area contributed by atoms with Crippen LogP contribution in [0.15, 0.2) is 48.5 Å². The minimum Gasteiger partial charge on any atom is -0.494 e. The molecule has 0 heterocycles. The summed E-state index contributed by atoms with van der Waals surface area (Å²) in [7, 11) is 1.63. The number of rotatable bonds is 13. The molecule has 30 heavy (non-hydrogen) atoms. The summed E-state index contributed by atoms with van der Waals surface area (Å²) in [5.41, 5.74) is 1.94. The molecule has 0 aliphatic heterocycles. The summed E-state index contributed by atoms with van der Waals surface area (Å²) in [6.07, 6.45) is 2.86. The van der Waals surface area contributed by atoms with Crippen molar-refractivity contribution in [2.24, 2.45) is 0 Å². The zero-order valence-electron chi connectivity index (χ0n) is 17.7. The van der Waals surface area contributed by atoms with Crippen LogP contribution < -0.4 is 20.7 Å². The van der Waals surface area contributed by atoms with E-state index >= 15 is 0 Å². The van der Waals surface area contributed by atoms with Gasteiger partial charge in [0.1, 0.15) is 5.75 Å². The number of unbranched alkanes of at least 4 members (excludes halogenated alkanes) is 1. The Balaban J connectivity index is 1.78. The lowest BCUT2D eigenvalue weighted by Crippen LogP contribution is -2.25. The Kier molecular flexibility index (Phi) is 10.2. The van der Waals surface area contributed by atoms with Crippen LogP contribution in [0.4, 0.5) is 11.4 Å². The lowest BCUT2D eigenvalue weighted by molar-refractivity contribution is -0.114. The number of carbonyl (C=O) groups is 2. The molecule has 0 atom stereocenters. The van der Waals surface area contributed by atoms with Gasteiger partial charge in [0.2, 0.25) is 5.91 Å². The van der Waals surface area contributed by atoms with Crippen LogP contribution in [-0.4, -0.2) is 45.2 Å². The summed E-state index contributed by atoms with van der Waals surface area (Å²) in [4.78, 5) is 24.4. The SMILES string of the molecule is CCCCOc1ccc(NC(=O)CNc2cccc(C(=O)NCCCOC)c2)cc1. The van der Waals surface area contributed by atoms with Gasteiger partial charge in [0.15, 0.2) is 0 Å². The fourth-order valence-electron chi connectivity index (χ4n) is 2.65. The molecule has 0 aromatic heterocycles. The molecule has 0 fully saturated rings. The largest absolute Gasteiger partial charge is 0.494 e. The molecule has 2 rings (SSSR count). The van der Waals surface area contributed by atoms with E-state index in [-0.39, 0.29) is 18.4 Å². The van der Waals surface area contributed by atoms with Gasteiger partial charge in [-0.15, -0.1) is 0 Å². The van der Waals surface area contributed by atoms with E-state index in [1.54, 1.807) is 25.3 Å². The lowest BCUT2D eigenvalue weighted by Gasteiger charge is -2.10. The normalized spacial score (nSPS) is 10.3. The van der Waals surface area contributed by atoms with E-state index in [0.29, 0.717) is 36.7 Å². The highest BCUT2D eigenvalue weighted by Crippen LogP contribution is 2.16. The smallest absolute Gasteiger partial charge is 0.251 e. The van der Waals surface area contributed by atoms with Gasteiger partial charge in [0.05, 0.1) is 13.2 Å². The van der Waals surface area contributed by atoms with Crippen LogP contribution in [0, 0.1) is 0 Å². The number of amides is 2. The molecule has 0 spiro atoms. The Bertz CT molecular complexity index is 793. The molecular formula is C23H31N3O4. The third-order valence-electron chi connectivity index (χ3n) is 4.29. The van der Waals surface area contributed by atoms with Gasteiger partial charge in [0.25, 0.3) is 5.91 Å². The molecule has 0 saturated carbocycles. The number of nitrogens with one attached hydrogen (secondary N) is 3. The molecule has 7 heteroatoms. The molecule has 0 unspecified atom stereocenters. The van der Waals surface area contributed by atoms with Crippen LogP contribution in [0.2, 0.25) is 0 Å². The summed E-state index contributed by atoms with van der Waals surface area (Å²) in [6, 6.07) is 14.4. The molecule has 0 aliphatic carbocycles. The van der Waals surface area contributed by atoms with Crippen molar-refractivity contribution in [3.63, 3.8) is 0 Å². The van der Waals surface area contributed by atoms with E-state index in [1.807, 2.05) is 30.3 Å². The Labute approximate surface area is 178 Å². The number of methoxy groups -OCH3 is 1. The second-order valence-electron chi connectivity index (χ2n) is 6.81. The number of benzene rings is 2. The first kappa shape index (κ1) is 23.2. The monoisotopic (exact) mass is 413 g/mol. The van der Waals surface area contributed by atoms with Crippen molar-refractivity contribution in [1.82, 2.24) is 5.32 Å². The lowest BCUT2D eigenvalue weighted by atomic mass is 10.2. The Morgan fingerprint density at radius 1 is 0.967 bits per heavy atom. The maximum atomic E-state index is 12.2. The summed E-state index contributed by atoms with van der Waals surface area (Å²) in [5, 5.41) is 8.72. The molecule has 162 valence electrons. The molecule has 7 nitrogen and oxygen atoms in total. The van der Waals surface area contributed by atoms with E-state index in [2.05, 4.69) is 22.9 Å². The summed E-state index contributed by atoms with van der Waals surface area (Å²) in [6.45, 7) is 4.05. The minimum absolute atomic E-state index is 0.0909. The second kappa shape index (κ2) is 13.2. The fraction of sp³-hybridized carbons (Fsp3) is 0.391. The third-order valence-corrected chi connectivity index (χ3v) is 4.29. The van der Waals surface area contributed by atoms with Gasteiger partial charge in [-0.25, -0.2) is 0 Å². The van der Waals surface area contributed by atoms with Crippen molar-refractivity contribution >= 4 is 23.2 Å². The first-order chi connectivity index (χ1) is 14.6. The van der Waals surface area contributed by atoms with Crippen LogP contribution in [-0.2, 0) is 9.53 Å². The van der Waals surface area contributed by atoms with Crippen molar-refractivity contribution in [1.29, 1.82) is 0 Å². The molecule has 0 radical (unpaired) electrons. The maximum absolute atomic E-state index is 12.2. The standard InChI is InChI=1S/C23H31N3O4/c1-3-4-15-30-21-11-9-19(10-12-21)26-22(27)17-25-20-8-5-7-18(16-20)23(28)24-13-6-14-29-2/h5,7-12,16,25H,3-4,6,13-15,17H2,1-2H3,(H,24,28)(H,26,27). The molecule has 2 amide bonds. The van der Waals surface area contributed by atoms with Crippen molar-refractivity contribution in [3.8, 4) is 5.75 Å². The predicted octanol–water partition coefficient (Wildman–Crippen LogP) is 3.68. The molecule has 3 N–H and O–H groups in total.